The van der Waals surface area contributed by atoms with Crippen LogP contribution in [-0.2, 0) is 17.2 Å². The van der Waals surface area contributed by atoms with Gasteiger partial charge in [0.25, 0.3) is 0 Å². The van der Waals surface area contributed by atoms with Gasteiger partial charge in [-0.1, -0.05) is 43.2 Å². The maximum absolute atomic E-state index is 5.99. The number of hydrogen-bond acceptors (Lipinski definition) is 3. The van der Waals surface area contributed by atoms with E-state index in [-0.39, 0.29) is 11.5 Å². The number of aromatic nitrogens is 2. The van der Waals surface area contributed by atoms with Crippen LogP contribution in [0.2, 0.25) is 0 Å². The van der Waals surface area contributed by atoms with E-state index in [1.165, 1.54) is 31.2 Å². The predicted octanol–water partition coefficient (Wildman–Crippen LogP) is 2.88. The second kappa shape index (κ2) is 8.35. The minimum Gasteiger partial charge on any atom is -0.370 e. The highest BCUT2D eigenvalue weighted by atomic mass is 16.5. The van der Waals surface area contributed by atoms with Crippen LogP contribution in [0.5, 0.6) is 0 Å². The normalized spacial score (nSPS) is 22.4. The van der Waals surface area contributed by atoms with Gasteiger partial charge >= 0.3 is 0 Å². The van der Waals surface area contributed by atoms with E-state index >= 15 is 0 Å². The highest BCUT2D eigenvalue weighted by Crippen LogP contribution is 2.40. The molecule has 1 aromatic heterocycles. The molecule has 6 heteroatoms. The molecule has 6 nitrogen and oxygen atoms in total. The Labute approximate surface area is 167 Å². The molecule has 0 bridgehead atoms. The summed E-state index contributed by atoms with van der Waals surface area (Å²) in [6.07, 6.45) is 9.05. The van der Waals surface area contributed by atoms with Crippen molar-refractivity contribution < 1.29 is 4.74 Å². The summed E-state index contributed by atoms with van der Waals surface area (Å²) < 4.78 is 7.82. The van der Waals surface area contributed by atoms with E-state index < -0.39 is 0 Å². The lowest BCUT2D eigenvalue weighted by Crippen LogP contribution is -2.51. The molecule has 1 atom stereocenters. The molecule has 2 fully saturated rings. The number of guanidine groups is 1. The lowest BCUT2D eigenvalue weighted by Gasteiger charge is -2.37. The first-order chi connectivity index (χ1) is 13.7. The zero-order valence-electron chi connectivity index (χ0n) is 17.0. The molecule has 2 aliphatic rings. The molecule has 1 aromatic carbocycles. The standard InChI is InChI=1S/C22H31N5O/c1-23-21(27-12-13-28-20(16-27)18-14-25-26(2)15-18)24-17-22(10-6-7-11-22)19-8-4-3-5-9-19/h3-5,8-9,14-15,20H,6-7,10-13,16-17H2,1-2H3,(H,23,24). The molecular formula is C22H31N5O. The molecule has 2 heterocycles. The van der Waals surface area contributed by atoms with Crippen LogP contribution in [0, 0.1) is 0 Å². The van der Waals surface area contributed by atoms with Gasteiger partial charge in [-0.15, -0.1) is 0 Å². The number of benzene rings is 1. The van der Waals surface area contributed by atoms with Crippen LogP contribution < -0.4 is 5.32 Å². The molecule has 1 aliphatic heterocycles. The molecule has 1 unspecified atom stereocenters. The van der Waals surface area contributed by atoms with Gasteiger partial charge in [0.05, 0.1) is 19.3 Å². The fraction of sp³-hybridized carbons (Fsp3) is 0.545. The first kappa shape index (κ1) is 19.0. The van der Waals surface area contributed by atoms with Crippen molar-refractivity contribution in [2.45, 2.75) is 37.2 Å². The molecule has 1 saturated heterocycles. The fourth-order valence-electron chi connectivity index (χ4n) is 4.64. The molecule has 0 radical (unpaired) electrons. The number of aryl methyl sites for hydroxylation is 1. The summed E-state index contributed by atoms with van der Waals surface area (Å²) in [6, 6.07) is 11.0. The topological polar surface area (TPSA) is 54.7 Å². The first-order valence-electron chi connectivity index (χ1n) is 10.3. The molecule has 0 amide bonds. The second-order valence-electron chi connectivity index (χ2n) is 8.01. The van der Waals surface area contributed by atoms with E-state index in [9.17, 15) is 0 Å². The average Bonchev–Trinajstić information content (AvgIpc) is 3.39. The number of rotatable bonds is 4. The van der Waals surface area contributed by atoms with E-state index in [0.29, 0.717) is 6.61 Å². The molecule has 28 heavy (non-hydrogen) atoms. The van der Waals surface area contributed by atoms with Crippen molar-refractivity contribution in [3.8, 4) is 0 Å². The number of ether oxygens (including phenoxy) is 1. The van der Waals surface area contributed by atoms with Crippen molar-refractivity contribution in [3.63, 3.8) is 0 Å². The summed E-state index contributed by atoms with van der Waals surface area (Å²) in [4.78, 5) is 6.90. The van der Waals surface area contributed by atoms with E-state index in [2.05, 4.69) is 50.6 Å². The largest absolute Gasteiger partial charge is 0.370 e. The van der Waals surface area contributed by atoms with Gasteiger partial charge < -0.3 is 15.0 Å². The van der Waals surface area contributed by atoms with Crippen molar-refractivity contribution in [3.05, 3.63) is 53.9 Å². The predicted molar refractivity (Wildman–Crippen MR) is 111 cm³/mol. The van der Waals surface area contributed by atoms with Crippen LogP contribution in [0.15, 0.2) is 47.7 Å². The Hall–Kier alpha value is -2.34. The van der Waals surface area contributed by atoms with Gasteiger partial charge in [0, 0.05) is 44.4 Å². The SMILES string of the molecule is CN=C(NCC1(c2ccccc2)CCCC1)N1CCOC(c2cnn(C)c2)C1. The molecule has 150 valence electrons. The zero-order chi connectivity index (χ0) is 19.4. The number of aliphatic imine (C=N–C) groups is 1. The molecule has 1 aliphatic carbocycles. The Morgan fingerprint density at radius 1 is 1.29 bits per heavy atom. The molecular weight excluding hydrogens is 350 g/mol. The van der Waals surface area contributed by atoms with E-state index in [1.807, 2.05) is 31.2 Å². The van der Waals surface area contributed by atoms with Crippen LogP contribution >= 0.6 is 0 Å². The van der Waals surface area contributed by atoms with Gasteiger partial charge in [-0.05, 0) is 18.4 Å². The number of hydrogen-bond donors (Lipinski definition) is 1. The summed E-state index contributed by atoms with van der Waals surface area (Å²) >= 11 is 0. The van der Waals surface area contributed by atoms with Crippen LogP contribution in [0.3, 0.4) is 0 Å². The van der Waals surface area contributed by atoms with Crippen molar-refractivity contribution in [1.82, 2.24) is 20.0 Å². The van der Waals surface area contributed by atoms with Crippen LogP contribution in [0.4, 0.5) is 0 Å². The lowest BCUT2D eigenvalue weighted by atomic mass is 9.79. The summed E-state index contributed by atoms with van der Waals surface area (Å²) in [5.41, 5.74) is 2.79. The smallest absolute Gasteiger partial charge is 0.193 e. The van der Waals surface area contributed by atoms with Gasteiger partial charge in [0.2, 0.25) is 0 Å². The average molecular weight is 382 g/mol. The number of nitrogens with zero attached hydrogens (tertiary/aromatic N) is 4. The summed E-state index contributed by atoms with van der Waals surface area (Å²) in [6.45, 7) is 3.28. The van der Waals surface area contributed by atoms with E-state index in [0.717, 1.165) is 31.2 Å². The fourth-order valence-corrected chi connectivity index (χ4v) is 4.64. The first-order valence-corrected chi connectivity index (χ1v) is 10.3. The van der Waals surface area contributed by atoms with Gasteiger partial charge in [-0.2, -0.15) is 5.10 Å². The summed E-state index contributed by atoms with van der Waals surface area (Å²) in [7, 11) is 3.82. The Kier molecular flexibility index (Phi) is 5.67. The third-order valence-electron chi connectivity index (χ3n) is 6.21. The van der Waals surface area contributed by atoms with E-state index in [4.69, 9.17) is 4.74 Å². The maximum Gasteiger partial charge on any atom is 0.193 e. The van der Waals surface area contributed by atoms with Crippen molar-refractivity contribution in [2.24, 2.45) is 12.0 Å². The van der Waals surface area contributed by atoms with Gasteiger partial charge in [-0.3, -0.25) is 9.67 Å². The molecule has 0 spiro atoms. The minimum atomic E-state index is 0.0376. The maximum atomic E-state index is 5.99. The second-order valence-corrected chi connectivity index (χ2v) is 8.01. The van der Waals surface area contributed by atoms with Crippen molar-refractivity contribution >= 4 is 5.96 Å². The monoisotopic (exact) mass is 381 g/mol. The summed E-state index contributed by atoms with van der Waals surface area (Å²) in [5, 5.41) is 7.98. The van der Waals surface area contributed by atoms with Crippen LogP contribution in [0.1, 0.15) is 42.9 Å². The molecule has 4 rings (SSSR count). The van der Waals surface area contributed by atoms with Crippen molar-refractivity contribution in [2.75, 3.05) is 33.3 Å². The highest BCUT2D eigenvalue weighted by molar-refractivity contribution is 5.80. The van der Waals surface area contributed by atoms with Gasteiger partial charge in [-0.25, -0.2) is 0 Å². The zero-order valence-corrected chi connectivity index (χ0v) is 17.0. The van der Waals surface area contributed by atoms with Crippen LogP contribution in [-0.4, -0.2) is 53.9 Å². The Morgan fingerprint density at radius 2 is 2.07 bits per heavy atom. The lowest BCUT2D eigenvalue weighted by molar-refractivity contribution is -0.00811. The Balaban J connectivity index is 1.44. The molecule has 2 aromatic rings. The quantitative estimate of drug-likeness (QED) is 0.654. The Morgan fingerprint density at radius 3 is 2.75 bits per heavy atom. The summed E-state index contributed by atoms with van der Waals surface area (Å²) in [5.74, 6) is 0.972. The highest BCUT2D eigenvalue weighted by Gasteiger charge is 2.36. The number of nitrogens with one attached hydrogen (secondary N) is 1. The molecule has 1 saturated carbocycles. The minimum absolute atomic E-state index is 0.0376. The third kappa shape index (κ3) is 3.92. The third-order valence-corrected chi connectivity index (χ3v) is 6.21. The number of morpholine rings is 1. The van der Waals surface area contributed by atoms with Gasteiger partial charge in [0.1, 0.15) is 6.10 Å². The Bertz CT molecular complexity index is 794. The van der Waals surface area contributed by atoms with E-state index in [1.54, 1.807) is 0 Å². The van der Waals surface area contributed by atoms with Crippen molar-refractivity contribution in [1.29, 1.82) is 0 Å². The van der Waals surface area contributed by atoms with Crippen LogP contribution in [0.25, 0.3) is 0 Å². The van der Waals surface area contributed by atoms with Gasteiger partial charge in [0.15, 0.2) is 5.96 Å². The molecule has 1 N–H and O–H groups in total.